The first-order chi connectivity index (χ1) is 20.1. The fourth-order valence-electron chi connectivity index (χ4n) is 4.72. The van der Waals surface area contributed by atoms with Crippen LogP contribution < -0.4 is 19.1 Å². The smallest absolute Gasteiger partial charge is 0.243 e. The standard InChI is InChI=1S/C30H33Cl2N3O6S/c1-3-33-30(37)26(17-21-8-5-4-6-9-21)34(19-22-11-13-24(31)25(32)16-22)29(36)10-7-15-35(42(2,38)39)23-12-14-27-28(18-23)41-20-40-27/h4-6,8-9,11-14,16,18,26H,3,7,10,15,17,19-20H2,1-2H3,(H,33,37). The van der Waals surface area contributed by atoms with Crippen molar-refractivity contribution < 1.29 is 27.5 Å². The lowest BCUT2D eigenvalue weighted by molar-refractivity contribution is -0.141. The monoisotopic (exact) mass is 633 g/mol. The molecule has 1 N–H and O–H groups in total. The Morgan fingerprint density at radius 2 is 1.69 bits per heavy atom. The number of likely N-dealkylation sites (N-methyl/N-ethyl adjacent to an activating group) is 1. The summed E-state index contributed by atoms with van der Waals surface area (Å²) in [5.74, 6) is 0.408. The van der Waals surface area contributed by atoms with E-state index >= 15 is 0 Å². The van der Waals surface area contributed by atoms with Gasteiger partial charge in [0, 0.05) is 38.5 Å². The van der Waals surface area contributed by atoms with E-state index in [1.54, 1.807) is 36.4 Å². The Hall–Kier alpha value is -3.47. The van der Waals surface area contributed by atoms with E-state index < -0.39 is 16.1 Å². The van der Waals surface area contributed by atoms with E-state index in [1.807, 2.05) is 37.3 Å². The molecule has 0 spiro atoms. The summed E-state index contributed by atoms with van der Waals surface area (Å²) in [5, 5.41) is 3.58. The van der Waals surface area contributed by atoms with Gasteiger partial charge in [0.25, 0.3) is 0 Å². The van der Waals surface area contributed by atoms with Gasteiger partial charge in [0.15, 0.2) is 11.5 Å². The van der Waals surface area contributed by atoms with Crippen LogP contribution in [0.15, 0.2) is 66.7 Å². The van der Waals surface area contributed by atoms with Crippen LogP contribution in [0.2, 0.25) is 10.0 Å². The number of hydrogen-bond donors (Lipinski definition) is 1. The number of carbonyl (C=O) groups is 2. The van der Waals surface area contributed by atoms with Crippen molar-refractivity contribution in [1.29, 1.82) is 0 Å². The number of nitrogens with zero attached hydrogens (tertiary/aromatic N) is 2. The lowest BCUT2D eigenvalue weighted by Gasteiger charge is -2.32. The van der Waals surface area contributed by atoms with Crippen LogP contribution in [0.25, 0.3) is 0 Å². The van der Waals surface area contributed by atoms with Gasteiger partial charge in [-0.1, -0.05) is 59.6 Å². The second kappa shape index (κ2) is 14.1. The number of halogens is 2. The summed E-state index contributed by atoms with van der Waals surface area (Å²) in [6.07, 6.45) is 1.63. The Kier molecular flexibility index (Phi) is 10.6. The van der Waals surface area contributed by atoms with Crippen LogP contribution >= 0.6 is 23.2 Å². The van der Waals surface area contributed by atoms with Gasteiger partial charge in [-0.25, -0.2) is 8.42 Å². The zero-order chi connectivity index (χ0) is 30.3. The highest BCUT2D eigenvalue weighted by Gasteiger charge is 2.30. The van der Waals surface area contributed by atoms with Gasteiger partial charge in [-0.3, -0.25) is 13.9 Å². The highest BCUT2D eigenvalue weighted by atomic mass is 35.5. The van der Waals surface area contributed by atoms with E-state index in [9.17, 15) is 18.0 Å². The molecule has 42 heavy (non-hydrogen) atoms. The van der Waals surface area contributed by atoms with E-state index in [2.05, 4.69) is 5.32 Å². The van der Waals surface area contributed by atoms with E-state index in [0.717, 1.165) is 11.8 Å². The molecule has 0 aromatic heterocycles. The largest absolute Gasteiger partial charge is 0.454 e. The third-order valence-electron chi connectivity index (χ3n) is 6.76. The molecule has 0 fully saturated rings. The molecule has 4 rings (SSSR count). The van der Waals surface area contributed by atoms with Crippen molar-refractivity contribution in [3.63, 3.8) is 0 Å². The van der Waals surface area contributed by atoms with Gasteiger partial charge in [0.1, 0.15) is 6.04 Å². The molecule has 1 unspecified atom stereocenters. The van der Waals surface area contributed by atoms with Gasteiger partial charge in [0.2, 0.25) is 28.6 Å². The summed E-state index contributed by atoms with van der Waals surface area (Å²) in [6, 6.07) is 18.6. The number of benzene rings is 3. The SMILES string of the molecule is CCNC(=O)C(Cc1ccccc1)N(Cc1ccc(Cl)c(Cl)c1)C(=O)CCCN(c1ccc2c(c1)OCO2)S(C)(=O)=O. The summed E-state index contributed by atoms with van der Waals surface area (Å²) in [4.78, 5) is 28.7. The third-order valence-corrected chi connectivity index (χ3v) is 8.69. The zero-order valence-corrected chi connectivity index (χ0v) is 25.7. The fourth-order valence-corrected chi connectivity index (χ4v) is 6.00. The molecule has 1 heterocycles. The molecular formula is C30H33Cl2N3O6S. The van der Waals surface area contributed by atoms with Gasteiger partial charge >= 0.3 is 0 Å². The minimum atomic E-state index is -3.67. The first kappa shape index (κ1) is 31.5. The molecule has 0 saturated carbocycles. The summed E-state index contributed by atoms with van der Waals surface area (Å²) in [6.45, 7) is 2.45. The molecule has 3 aromatic carbocycles. The van der Waals surface area contributed by atoms with Crippen molar-refractivity contribution in [3.05, 3.63) is 87.9 Å². The first-order valence-electron chi connectivity index (χ1n) is 13.5. The van der Waals surface area contributed by atoms with Crippen LogP contribution in [0, 0.1) is 0 Å². The van der Waals surface area contributed by atoms with Crippen LogP contribution in [-0.4, -0.2) is 57.3 Å². The minimum Gasteiger partial charge on any atom is -0.454 e. The van der Waals surface area contributed by atoms with Gasteiger partial charge in [-0.2, -0.15) is 0 Å². The number of fused-ring (bicyclic) bond motifs is 1. The molecule has 1 aliphatic heterocycles. The Morgan fingerprint density at radius 1 is 0.952 bits per heavy atom. The lowest BCUT2D eigenvalue weighted by atomic mass is 10.0. The van der Waals surface area contributed by atoms with Crippen LogP contribution in [0.3, 0.4) is 0 Å². The Balaban J connectivity index is 1.57. The van der Waals surface area contributed by atoms with Gasteiger partial charge in [-0.05, 0) is 48.7 Å². The number of hydrogen-bond acceptors (Lipinski definition) is 6. The molecule has 0 bridgehead atoms. The minimum absolute atomic E-state index is 0.00257. The predicted octanol–water partition coefficient (Wildman–Crippen LogP) is 5.04. The molecule has 0 saturated heterocycles. The quantitative estimate of drug-likeness (QED) is 0.283. The molecule has 12 heteroatoms. The third kappa shape index (κ3) is 8.08. The number of rotatable bonds is 13. The van der Waals surface area contributed by atoms with Crippen LogP contribution in [-0.2, 0) is 32.6 Å². The molecule has 1 aliphatic rings. The maximum atomic E-state index is 13.8. The average molecular weight is 635 g/mol. The molecule has 0 aliphatic carbocycles. The second-order valence-corrected chi connectivity index (χ2v) is 12.6. The number of anilines is 1. The molecule has 0 radical (unpaired) electrons. The van der Waals surface area contributed by atoms with E-state index in [-0.39, 0.29) is 44.5 Å². The molecule has 3 aromatic rings. The number of carbonyl (C=O) groups excluding carboxylic acids is 2. The number of amides is 2. The van der Waals surface area contributed by atoms with Crippen molar-refractivity contribution in [2.75, 3.05) is 30.4 Å². The summed E-state index contributed by atoms with van der Waals surface area (Å²) < 4.78 is 37.4. The van der Waals surface area contributed by atoms with E-state index in [4.69, 9.17) is 32.7 Å². The van der Waals surface area contributed by atoms with Gasteiger partial charge in [0.05, 0.1) is 22.0 Å². The van der Waals surface area contributed by atoms with Gasteiger partial charge < -0.3 is 19.7 Å². The van der Waals surface area contributed by atoms with Crippen molar-refractivity contribution >= 4 is 50.7 Å². The molecule has 1 atom stereocenters. The number of ether oxygens (including phenoxy) is 2. The first-order valence-corrected chi connectivity index (χ1v) is 16.1. The molecule has 224 valence electrons. The molecule has 9 nitrogen and oxygen atoms in total. The van der Waals surface area contributed by atoms with Crippen molar-refractivity contribution in [2.24, 2.45) is 0 Å². The number of sulfonamides is 1. The maximum Gasteiger partial charge on any atom is 0.243 e. The van der Waals surface area contributed by atoms with Crippen LogP contribution in [0.1, 0.15) is 30.9 Å². The Labute approximate surface area is 256 Å². The fraction of sp³-hybridized carbons (Fsp3) is 0.333. The highest BCUT2D eigenvalue weighted by Crippen LogP contribution is 2.36. The van der Waals surface area contributed by atoms with Crippen molar-refractivity contribution in [3.8, 4) is 11.5 Å². The predicted molar refractivity (Wildman–Crippen MR) is 164 cm³/mol. The molecular weight excluding hydrogens is 601 g/mol. The second-order valence-electron chi connectivity index (χ2n) is 9.85. The molecule has 2 amide bonds. The Bertz CT molecular complexity index is 1520. The van der Waals surface area contributed by atoms with Crippen LogP contribution in [0.5, 0.6) is 11.5 Å². The lowest BCUT2D eigenvalue weighted by Crippen LogP contribution is -2.50. The summed E-state index contributed by atoms with van der Waals surface area (Å²) >= 11 is 12.4. The van der Waals surface area contributed by atoms with E-state index in [1.165, 1.54) is 9.21 Å². The Morgan fingerprint density at radius 3 is 2.38 bits per heavy atom. The average Bonchev–Trinajstić information content (AvgIpc) is 3.43. The van der Waals surface area contributed by atoms with Crippen molar-refractivity contribution in [1.82, 2.24) is 10.2 Å². The normalized spacial score (nSPS) is 13.0. The van der Waals surface area contributed by atoms with Gasteiger partial charge in [-0.15, -0.1) is 0 Å². The number of nitrogens with one attached hydrogen (secondary N) is 1. The summed E-state index contributed by atoms with van der Waals surface area (Å²) in [7, 11) is -3.67. The summed E-state index contributed by atoms with van der Waals surface area (Å²) in [5.41, 5.74) is 2.01. The van der Waals surface area contributed by atoms with Crippen molar-refractivity contribution in [2.45, 2.75) is 38.8 Å². The topological polar surface area (TPSA) is 105 Å². The zero-order valence-electron chi connectivity index (χ0n) is 23.4. The maximum absolute atomic E-state index is 13.8. The van der Waals surface area contributed by atoms with Crippen LogP contribution in [0.4, 0.5) is 5.69 Å². The van der Waals surface area contributed by atoms with E-state index in [0.29, 0.717) is 45.8 Å². The highest BCUT2D eigenvalue weighted by molar-refractivity contribution is 7.92.